The minimum absolute atomic E-state index is 0.0319. The molecule has 10 nitrogen and oxygen atoms in total. The SMILES string of the molecule is CCC[C@@](C)(N)c1cnc(OC2CN(C(C)=O)C2)c2cnc(Nc3ccc4c(n3)[C@@H](C)C(C)(C)OC4=O)cc12. The average Bonchev–Trinajstić information content (AvgIpc) is 2.83. The van der Waals surface area contributed by atoms with Gasteiger partial charge in [-0.2, -0.15) is 0 Å². The number of cyclic esters (lactones) is 1. The van der Waals surface area contributed by atoms with Crippen LogP contribution in [0, 0.1) is 0 Å². The van der Waals surface area contributed by atoms with Gasteiger partial charge in [0.2, 0.25) is 11.8 Å². The second kappa shape index (κ2) is 9.75. The molecule has 39 heavy (non-hydrogen) atoms. The quantitative estimate of drug-likeness (QED) is 0.425. The summed E-state index contributed by atoms with van der Waals surface area (Å²) in [5.74, 6) is 1.22. The first-order chi connectivity index (χ1) is 18.4. The number of carbonyl (C=O) groups is 2. The van der Waals surface area contributed by atoms with E-state index < -0.39 is 11.1 Å². The predicted molar refractivity (Wildman–Crippen MR) is 148 cm³/mol. The van der Waals surface area contributed by atoms with Crippen molar-refractivity contribution in [2.45, 2.75) is 77.5 Å². The van der Waals surface area contributed by atoms with Gasteiger partial charge in [-0.05, 0) is 56.3 Å². The molecule has 0 aromatic carbocycles. The number of aromatic nitrogens is 3. The van der Waals surface area contributed by atoms with Crippen molar-refractivity contribution in [1.82, 2.24) is 19.9 Å². The highest BCUT2D eigenvalue weighted by Crippen LogP contribution is 2.39. The van der Waals surface area contributed by atoms with Gasteiger partial charge >= 0.3 is 5.97 Å². The standard InChI is InChI=1S/C29H36N6O4/c1-7-10-29(6,30)22-13-32-26(38-18-14-35(15-18)17(3)36)21-12-31-24(11-20(21)22)33-23-9-8-19-25(34-23)16(2)28(4,5)39-27(19)37/h8-9,11-13,16,18H,7,10,14-15,30H2,1-6H3,(H,31,33,34)/t16-,29-/m1/s1. The molecule has 0 saturated carbocycles. The molecule has 10 heteroatoms. The number of fused-ring (bicyclic) bond motifs is 2. The summed E-state index contributed by atoms with van der Waals surface area (Å²) in [6.45, 7) is 12.5. The molecular formula is C29H36N6O4. The van der Waals surface area contributed by atoms with Crippen LogP contribution in [0.1, 0.15) is 81.9 Å². The van der Waals surface area contributed by atoms with Crippen LogP contribution in [0.2, 0.25) is 0 Å². The van der Waals surface area contributed by atoms with Crippen molar-refractivity contribution in [2.75, 3.05) is 18.4 Å². The maximum atomic E-state index is 12.5. The van der Waals surface area contributed by atoms with Gasteiger partial charge in [-0.25, -0.2) is 19.7 Å². The molecule has 0 spiro atoms. The van der Waals surface area contributed by atoms with Crippen molar-refractivity contribution in [3.63, 3.8) is 0 Å². The van der Waals surface area contributed by atoms with E-state index in [1.54, 1.807) is 36.4 Å². The molecule has 3 aromatic heterocycles. The molecule has 1 fully saturated rings. The highest BCUT2D eigenvalue weighted by Gasteiger charge is 2.40. The number of likely N-dealkylation sites (tertiary alicyclic amines) is 1. The second-order valence-electron chi connectivity index (χ2n) is 11.4. The highest BCUT2D eigenvalue weighted by molar-refractivity contribution is 5.93. The average molecular weight is 533 g/mol. The van der Waals surface area contributed by atoms with Crippen molar-refractivity contribution in [2.24, 2.45) is 5.73 Å². The Labute approximate surface area is 228 Å². The van der Waals surface area contributed by atoms with Gasteiger partial charge in [0.25, 0.3) is 0 Å². The third-order valence-corrected chi connectivity index (χ3v) is 7.90. The van der Waals surface area contributed by atoms with Crippen LogP contribution in [0.25, 0.3) is 10.8 Å². The van der Waals surface area contributed by atoms with E-state index in [9.17, 15) is 9.59 Å². The summed E-state index contributed by atoms with van der Waals surface area (Å²) in [4.78, 5) is 39.8. The number of nitrogens with zero attached hydrogens (tertiary/aromatic N) is 4. The molecule has 2 aliphatic heterocycles. The number of nitrogens with one attached hydrogen (secondary N) is 1. The lowest BCUT2D eigenvalue weighted by atomic mass is 9.84. The van der Waals surface area contributed by atoms with E-state index in [1.165, 1.54) is 0 Å². The fourth-order valence-electron chi connectivity index (χ4n) is 5.20. The molecule has 1 saturated heterocycles. The summed E-state index contributed by atoms with van der Waals surface area (Å²) in [6.07, 6.45) is 5.09. The number of amides is 1. The number of rotatable bonds is 7. The monoisotopic (exact) mass is 532 g/mol. The topological polar surface area (TPSA) is 133 Å². The molecule has 5 heterocycles. The van der Waals surface area contributed by atoms with Gasteiger partial charge in [-0.1, -0.05) is 20.3 Å². The summed E-state index contributed by atoms with van der Waals surface area (Å²) in [5, 5.41) is 4.94. The summed E-state index contributed by atoms with van der Waals surface area (Å²) >= 11 is 0. The number of pyridine rings is 3. The Morgan fingerprint density at radius 1 is 1.23 bits per heavy atom. The molecule has 1 amide bonds. The Morgan fingerprint density at radius 3 is 2.67 bits per heavy atom. The van der Waals surface area contributed by atoms with E-state index >= 15 is 0 Å². The normalized spacial score (nSPS) is 20.0. The lowest BCUT2D eigenvalue weighted by Crippen LogP contribution is -2.55. The smallest absolute Gasteiger partial charge is 0.340 e. The molecule has 2 atom stereocenters. The zero-order chi connectivity index (χ0) is 28.1. The Balaban J connectivity index is 1.50. The first-order valence-electron chi connectivity index (χ1n) is 13.4. The van der Waals surface area contributed by atoms with E-state index in [0.717, 1.165) is 29.2 Å². The van der Waals surface area contributed by atoms with E-state index in [0.29, 0.717) is 41.9 Å². The lowest BCUT2D eigenvalue weighted by molar-refractivity contribution is -0.137. The summed E-state index contributed by atoms with van der Waals surface area (Å²) in [6, 6.07) is 5.42. The second-order valence-corrected chi connectivity index (χ2v) is 11.4. The zero-order valence-electron chi connectivity index (χ0n) is 23.4. The maximum Gasteiger partial charge on any atom is 0.340 e. The zero-order valence-corrected chi connectivity index (χ0v) is 23.4. The molecule has 0 unspecified atom stereocenters. The number of nitrogens with two attached hydrogens (primary N) is 1. The largest absolute Gasteiger partial charge is 0.470 e. The molecule has 3 N–H and O–H groups in total. The van der Waals surface area contributed by atoms with Crippen LogP contribution in [-0.2, 0) is 15.1 Å². The third kappa shape index (κ3) is 5.01. The van der Waals surface area contributed by atoms with Crippen LogP contribution < -0.4 is 15.8 Å². The predicted octanol–water partition coefficient (Wildman–Crippen LogP) is 4.40. The van der Waals surface area contributed by atoms with Gasteiger partial charge in [-0.15, -0.1) is 0 Å². The van der Waals surface area contributed by atoms with Gasteiger partial charge in [0.15, 0.2) is 0 Å². The first-order valence-corrected chi connectivity index (χ1v) is 13.4. The highest BCUT2D eigenvalue weighted by atomic mass is 16.6. The van der Waals surface area contributed by atoms with Gasteiger partial charge in [0.05, 0.1) is 29.7 Å². The van der Waals surface area contributed by atoms with E-state index in [2.05, 4.69) is 22.2 Å². The third-order valence-electron chi connectivity index (χ3n) is 7.90. The van der Waals surface area contributed by atoms with Crippen molar-refractivity contribution < 1.29 is 19.1 Å². The molecule has 2 aliphatic rings. The number of esters is 1. The Bertz CT molecular complexity index is 1450. The molecular weight excluding hydrogens is 496 g/mol. The van der Waals surface area contributed by atoms with Crippen LogP contribution in [0.4, 0.5) is 11.6 Å². The Kier molecular flexibility index (Phi) is 6.70. The van der Waals surface area contributed by atoms with Gasteiger partial charge in [0, 0.05) is 30.8 Å². The Morgan fingerprint density at radius 2 is 1.97 bits per heavy atom. The fourth-order valence-corrected chi connectivity index (χ4v) is 5.20. The van der Waals surface area contributed by atoms with Gasteiger partial charge < -0.3 is 25.4 Å². The van der Waals surface area contributed by atoms with E-state index in [4.69, 9.17) is 20.2 Å². The van der Waals surface area contributed by atoms with E-state index in [1.807, 2.05) is 33.8 Å². The lowest BCUT2D eigenvalue weighted by Gasteiger charge is -2.38. The molecule has 3 aromatic rings. The maximum absolute atomic E-state index is 12.5. The van der Waals surface area contributed by atoms with Crippen LogP contribution in [0.5, 0.6) is 5.88 Å². The van der Waals surface area contributed by atoms with Crippen LogP contribution in [0.15, 0.2) is 30.6 Å². The van der Waals surface area contributed by atoms with Crippen LogP contribution in [0.3, 0.4) is 0 Å². The minimum Gasteiger partial charge on any atom is -0.470 e. The van der Waals surface area contributed by atoms with Crippen molar-refractivity contribution >= 4 is 34.3 Å². The van der Waals surface area contributed by atoms with Crippen molar-refractivity contribution in [3.05, 3.63) is 47.4 Å². The Hall–Kier alpha value is -3.79. The number of hydrogen-bond donors (Lipinski definition) is 2. The molecule has 5 rings (SSSR count). The number of ether oxygens (including phenoxy) is 2. The van der Waals surface area contributed by atoms with Crippen LogP contribution >= 0.6 is 0 Å². The molecule has 0 radical (unpaired) electrons. The van der Waals surface area contributed by atoms with Crippen molar-refractivity contribution in [1.29, 1.82) is 0 Å². The number of hydrogen-bond acceptors (Lipinski definition) is 9. The summed E-state index contributed by atoms with van der Waals surface area (Å²) in [5.41, 5.74) is 7.58. The molecule has 0 bridgehead atoms. The van der Waals surface area contributed by atoms with Gasteiger partial charge in [-0.3, -0.25) is 4.79 Å². The van der Waals surface area contributed by atoms with Crippen molar-refractivity contribution in [3.8, 4) is 5.88 Å². The van der Waals surface area contributed by atoms with Crippen LogP contribution in [-0.4, -0.2) is 56.5 Å². The first kappa shape index (κ1) is 26.8. The molecule has 0 aliphatic carbocycles. The fraction of sp³-hybridized carbons (Fsp3) is 0.483. The number of carbonyl (C=O) groups excluding carboxylic acids is 2. The van der Waals surface area contributed by atoms with Gasteiger partial charge in [0.1, 0.15) is 23.3 Å². The minimum atomic E-state index is -0.651. The number of anilines is 2. The summed E-state index contributed by atoms with van der Waals surface area (Å²) in [7, 11) is 0. The van der Waals surface area contributed by atoms with E-state index in [-0.39, 0.29) is 23.9 Å². The molecule has 206 valence electrons. The summed E-state index contributed by atoms with van der Waals surface area (Å²) < 4.78 is 11.8.